The van der Waals surface area contributed by atoms with E-state index in [9.17, 15) is 5.11 Å². The van der Waals surface area contributed by atoms with Crippen LogP contribution >= 0.6 is 0 Å². The Morgan fingerprint density at radius 1 is 0.522 bits per heavy atom. The molecule has 2 heterocycles. The van der Waals surface area contributed by atoms with Crippen molar-refractivity contribution in [3.05, 3.63) is 211 Å². The number of phenolic OH excluding ortho intramolecular Hbond substituents is 1. The van der Waals surface area contributed by atoms with Crippen molar-refractivity contribution in [1.82, 2.24) is 14.5 Å². The molecule has 0 bridgehead atoms. The number of rotatable bonds is 8. The van der Waals surface area contributed by atoms with Gasteiger partial charge in [-0.3, -0.25) is 9.55 Å². The first-order valence-electron chi connectivity index (χ1n) is 22.7. The van der Waals surface area contributed by atoms with E-state index in [0.29, 0.717) is 11.4 Å². The second-order valence-electron chi connectivity index (χ2n) is 19.3. The molecule has 5 nitrogen and oxygen atoms in total. The molecule has 0 unspecified atom stereocenters. The molecule has 8 aromatic carbocycles. The van der Waals surface area contributed by atoms with Crippen LogP contribution in [0.1, 0.15) is 58.2 Å². The minimum absolute atomic E-state index is 0. The van der Waals surface area contributed by atoms with Crippen LogP contribution in [0.4, 0.5) is 17.1 Å². The zero-order valence-electron chi connectivity index (χ0n) is 39.0. The van der Waals surface area contributed by atoms with Crippen LogP contribution in [0, 0.1) is 13.0 Å². The van der Waals surface area contributed by atoms with E-state index in [1.807, 2.05) is 24.4 Å². The van der Waals surface area contributed by atoms with Crippen molar-refractivity contribution in [1.29, 1.82) is 0 Å². The Morgan fingerprint density at radius 2 is 1.12 bits per heavy atom. The summed E-state index contributed by atoms with van der Waals surface area (Å²) in [5.74, 6) is 0.826. The molecule has 0 fully saturated rings. The van der Waals surface area contributed by atoms with Crippen LogP contribution in [-0.4, -0.2) is 19.6 Å². The van der Waals surface area contributed by atoms with Gasteiger partial charge in [0.1, 0.15) is 11.6 Å². The van der Waals surface area contributed by atoms with E-state index in [1.165, 1.54) is 5.56 Å². The van der Waals surface area contributed by atoms with Crippen LogP contribution in [0.5, 0.6) is 5.75 Å². The van der Waals surface area contributed by atoms with Gasteiger partial charge in [0.15, 0.2) is 0 Å². The van der Waals surface area contributed by atoms with Gasteiger partial charge in [0, 0.05) is 60.9 Å². The Labute approximate surface area is 408 Å². The van der Waals surface area contributed by atoms with Gasteiger partial charge in [-0.15, -0.1) is 34.9 Å². The Bertz CT molecular complexity index is 3350. The monoisotopic (exact) mass is 1050 g/mol. The zero-order chi connectivity index (χ0) is 45.7. The molecule has 0 aliphatic heterocycles. The Morgan fingerprint density at radius 3 is 1.75 bits per heavy atom. The van der Waals surface area contributed by atoms with Gasteiger partial charge in [-0.1, -0.05) is 169 Å². The van der Waals surface area contributed by atoms with E-state index < -0.39 is 0 Å². The number of aromatic hydroxyl groups is 1. The summed E-state index contributed by atoms with van der Waals surface area (Å²) in [6, 6.07) is 67.6. The summed E-state index contributed by atoms with van der Waals surface area (Å²) in [6.07, 6.45) is 1.91. The smallest absolute Gasteiger partial charge is 0.148 e. The molecule has 0 atom stereocenters. The average Bonchev–Trinajstić information content (AvgIpc) is 3.70. The SMILES string of the molecule is Cc1cc(-c2cccc3c(-c4ccccc4)ccnc23)[c-]c(-c2cc(N(c3ccccc3)c3ccccc3)cc3c2nc(-c2cc(C(C)(C)C)ccc2O)n3-c2ccc(C(C)(C)C)cc2)c1.[Pt]. The average molecular weight is 1050 g/mol. The van der Waals surface area contributed by atoms with Gasteiger partial charge in [-0.2, -0.15) is 0 Å². The summed E-state index contributed by atoms with van der Waals surface area (Å²) < 4.78 is 2.22. The molecule has 0 aliphatic rings. The maximum absolute atomic E-state index is 11.8. The van der Waals surface area contributed by atoms with E-state index >= 15 is 0 Å². The maximum Gasteiger partial charge on any atom is 0.148 e. The van der Waals surface area contributed by atoms with Crippen molar-refractivity contribution in [3.8, 4) is 56.2 Å². The van der Waals surface area contributed by atoms with E-state index in [4.69, 9.17) is 9.97 Å². The molecule has 6 heteroatoms. The summed E-state index contributed by atoms with van der Waals surface area (Å²) in [6.45, 7) is 15.4. The van der Waals surface area contributed by atoms with Crippen LogP contribution in [0.2, 0.25) is 0 Å². The first-order chi connectivity index (χ1) is 31.8. The number of anilines is 3. The first-order valence-corrected chi connectivity index (χ1v) is 22.7. The van der Waals surface area contributed by atoms with Gasteiger partial charge in [-0.05, 0) is 93.7 Å². The standard InChI is InChI=1S/C61H53N4O.Pt/c1-40-34-42(51-24-17-25-52-50(32-33-62-57(51)52)41-18-11-8-12-19-41)36-43(35-40)53-38-49(64(46-20-13-9-14-21-46)47-22-15-10-16-23-47)39-55-58(53)63-59(54-37-45(61(5,6)7)28-31-56(54)66)65(55)48-29-26-44(27-30-48)60(2,3)4;/h8-35,37-39,66H,1-7H3;/q-1;. The number of hydrogen-bond donors (Lipinski definition) is 1. The molecule has 10 aromatic rings. The fourth-order valence-corrected chi connectivity index (χ4v) is 9.10. The number of imidazole rings is 1. The topological polar surface area (TPSA) is 54.2 Å². The van der Waals surface area contributed by atoms with Crippen LogP contribution in [-0.2, 0) is 31.9 Å². The normalized spacial score (nSPS) is 11.7. The third-order valence-electron chi connectivity index (χ3n) is 12.6. The minimum atomic E-state index is -0.164. The number of phenols is 1. The fraction of sp³-hybridized carbons (Fsp3) is 0.148. The molecule has 2 aromatic heterocycles. The molecule has 67 heavy (non-hydrogen) atoms. The van der Waals surface area contributed by atoms with Crippen molar-refractivity contribution in [2.24, 2.45) is 0 Å². The Balaban J connectivity index is 0.00000562. The summed E-state index contributed by atoms with van der Waals surface area (Å²) in [7, 11) is 0. The third kappa shape index (κ3) is 8.73. The van der Waals surface area contributed by atoms with Crippen molar-refractivity contribution in [2.75, 3.05) is 4.90 Å². The number of para-hydroxylation sites is 3. The van der Waals surface area contributed by atoms with Gasteiger partial charge >= 0.3 is 0 Å². The van der Waals surface area contributed by atoms with Crippen LogP contribution in [0.15, 0.2) is 188 Å². The summed E-state index contributed by atoms with van der Waals surface area (Å²) in [5, 5.41) is 12.9. The van der Waals surface area contributed by atoms with Gasteiger partial charge in [0.05, 0.1) is 16.6 Å². The molecule has 10 rings (SSSR count). The van der Waals surface area contributed by atoms with Gasteiger partial charge in [-0.25, -0.2) is 4.98 Å². The van der Waals surface area contributed by atoms with Crippen molar-refractivity contribution < 1.29 is 26.2 Å². The number of benzene rings is 8. The predicted molar refractivity (Wildman–Crippen MR) is 275 cm³/mol. The molecule has 0 spiro atoms. The summed E-state index contributed by atoms with van der Waals surface area (Å²) in [5.41, 5.74) is 16.5. The first kappa shape index (κ1) is 45.1. The number of fused-ring (bicyclic) bond motifs is 2. The largest absolute Gasteiger partial charge is 0.507 e. The zero-order valence-corrected chi connectivity index (χ0v) is 41.2. The van der Waals surface area contributed by atoms with Crippen molar-refractivity contribution >= 4 is 39.0 Å². The van der Waals surface area contributed by atoms with E-state index in [0.717, 1.165) is 89.2 Å². The van der Waals surface area contributed by atoms with E-state index in [-0.39, 0.29) is 37.6 Å². The molecule has 0 amide bonds. The van der Waals surface area contributed by atoms with Crippen molar-refractivity contribution in [2.45, 2.75) is 59.3 Å². The molecular formula is C61H53N4OPt-. The number of aryl methyl sites for hydroxylation is 1. The number of pyridine rings is 1. The summed E-state index contributed by atoms with van der Waals surface area (Å²) in [4.78, 5) is 12.9. The third-order valence-corrected chi connectivity index (χ3v) is 12.6. The molecule has 0 aliphatic carbocycles. The second-order valence-corrected chi connectivity index (χ2v) is 19.3. The van der Waals surface area contributed by atoms with Crippen molar-refractivity contribution in [3.63, 3.8) is 0 Å². The van der Waals surface area contributed by atoms with Gasteiger partial charge in [0.25, 0.3) is 0 Å². The Kier molecular flexibility index (Phi) is 12.1. The van der Waals surface area contributed by atoms with Gasteiger partial charge < -0.3 is 10.0 Å². The molecule has 0 saturated heterocycles. The van der Waals surface area contributed by atoms with Crippen LogP contribution in [0.25, 0.3) is 72.4 Å². The predicted octanol–water partition coefficient (Wildman–Crippen LogP) is 16.1. The molecule has 0 radical (unpaired) electrons. The van der Waals surface area contributed by atoms with Crippen LogP contribution in [0.3, 0.4) is 0 Å². The molecular weight excluding hydrogens is 1000 g/mol. The Hall–Kier alpha value is -7.07. The van der Waals surface area contributed by atoms with Crippen LogP contribution < -0.4 is 4.90 Å². The quantitative estimate of drug-likeness (QED) is 0.154. The second kappa shape index (κ2) is 18.0. The van der Waals surface area contributed by atoms with Gasteiger partial charge in [0.2, 0.25) is 0 Å². The maximum atomic E-state index is 11.8. The molecule has 0 saturated carbocycles. The summed E-state index contributed by atoms with van der Waals surface area (Å²) >= 11 is 0. The number of hydrogen-bond acceptors (Lipinski definition) is 4. The molecule has 334 valence electrons. The van der Waals surface area contributed by atoms with E-state index in [2.05, 4.69) is 228 Å². The number of nitrogens with zero attached hydrogens (tertiary/aromatic N) is 4. The fourth-order valence-electron chi connectivity index (χ4n) is 9.10. The number of aromatic nitrogens is 3. The van der Waals surface area contributed by atoms with E-state index in [1.54, 1.807) is 0 Å². The minimum Gasteiger partial charge on any atom is -0.507 e. The molecule has 1 N–H and O–H groups in total.